The van der Waals surface area contributed by atoms with Gasteiger partial charge in [0.1, 0.15) is 11.5 Å². The van der Waals surface area contributed by atoms with Gasteiger partial charge in [-0.25, -0.2) is 9.41 Å². The fourth-order valence-electron chi connectivity index (χ4n) is 2.68. The van der Waals surface area contributed by atoms with Crippen LogP contribution in [0.3, 0.4) is 0 Å². The van der Waals surface area contributed by atoms with E-state index in [1.54, 1.807) is 0 Å². The molecule has 1 aliphatic heterocycles. The molecule has 1 aromatic heterocycles. The second-order valence-corrected chi connectivity index (χ2v) is 6.81. The van der Waals surface area contributed by atoms with Crippen LogP contribution < -0.4 is 14.4 Å². The highest BCUT2D eigenvalue weighted by atomic mass is 19.4. The van der Waals surface area contributed by atoms with E-state index in [1.165, 1.54) is 5.56 Å². The number of ether oxygens (including phenoxy) is 1. The molecular formula is C23H27B2F8NO2. The molecule has 0 saturated heterocycles. The number of aryl methyl sites for hydroxylation is 3. The standard InChI is InChI=1S/C15H15NO.C8H11O.2BF3.2FH/c1-12-10-14(11-13(2)17-12)8-9-16-15-6-4-3-5-7-15;1-6-4-7(2)9-8(3)5-6;2*2-1(3)4;;/h3-11H,1-2H3;4-5H,1-3H3;;;2*1H/q;+1;;;;/p-1. The van der Waals surface area contributed by atoms with E-state index in [9.17, 15) is 25.9 Å². The molecule has 2 aromatic rings. The lowest BCUT2D eigenvalue weighted by Crippen LogP contribution is -3.00. The Hall–Kier alpha value is -3.37. The summed E-state index contributed by atoms with van der Waals surface area (Å²) in [4.78, 5) is 3.22. The van der Waals surface area contributed by atoms with E-state index in [0.717, 1.165) is 34.3 Å². The molecule has 1 aliphatic rings. The van der Waals surface area contributed by atoms with Crippen LogP contribution in [0, 0.1) is 20.8 Å². The largest absolute Gasteiger partial charge is 1.00 e. The molecule has 0 bridgehead atoms. The fraction of sp³-hybridized carbons (Fsp3) is 0.217. The predicted octanol–water partition coefficient (Wildman–Crippen LogP) is 0.487. The number of benzene rings is 1. The van der Waals surface area contributed by atoms with E-state index in [2.05, 4.69) is 11.9 Å². The molecule has 0 saturated carbocycles. The van der Waals surface area contributed by atoms with Gasteiger partial charge in [-0.3, -0.25) is 25.9 Å². The van der Waals surface area contributed by atoms with E-state index in [-0.39, 0.29) is 9.41 Å². The number of nitrogens with one attached hydrogen (secondary N) is 1. The summed E-state index contributed by atoms with van der Waals surface area (Å²) >= 11 is 0. The second-order valence-electron chi connectivity index (χ2n) is 6.81. The van der Waals surface area contributed by atoms with Crippen LogP contribution in [0.5, 0.6) is 0 Å². The van der Waals surface area contributed by atoms with Crippen LogP contribution in [0.1, 0.15) is 30.9 Å². The van der Waals surface area contributed by atoms with Gasteiger partial charge in [0.25, 0.3) is 0 Å². The SMILES string of the molecule is CC1=CC(=CC=[NH+]c2ccccc2)C=C(C)O1.Cc1cc(C)[o+]c(C)c1.FB(F)F.FB(F)F.[F-].[F-]. The number of hydrogen-bond acceptors (Lipinski definition) is 1. The van der Waals surface area contributed by atoms with E-state index >= 15 is 0 Å². The quantitative estimate of drug-likeness (QED) is 0.270. The van der Waals surface area contributed by atoms with Crippen molar-refractivity contribution in [1.29, 1.82) is 0 Å². The Morgan fingerprint density at radius 1 is 0.750 bits per heavy atom. The van der Waals surface area contributed by atoms with Crippen molar-refractivity contribution in [1.82, 2.24) is 0 Å². The van der Waals surface area contributed by atoms with Crippen LogP contribution in [-0.4, -0.2) is 21.3 Å². The third kappa shape index (κ3) is 22.4. The maximum absolute atomic E-state index is 9.67. The Morgan fingerprint density at radius 3 is 1.56 bits per heavy atom. The molecule has 3 rings (SSSR count). The van der Waals surface area contributed by atoms with Crippen molar-refractivity contribution in [3.8, 4) is 0 Å². The molecule has 3 nitrogen and oxygen atoms in total. The van der Waals surface area contributed by atoms with Crippen molar-refractivity contribution in [3.63, 3.8) is 0 Å². The van der Waals surface area contributed by atoms with E-state index in [0.29, 0.717) is 0 Å². The van der Waals surface area contributed by atoms with Crippen molar-refractivity contribution in [2.75, 3.05) is 0 Å². The molecule has 0 radical (unpaired) electrons. The lowest BCUT2D eigenvalue weighted by molar-refractivity contribution is -0.346. The number of allylic oxidation sites excluding steroid dienone is 6. The highest BCUT2D eigenvalue weighted by molar-refractivity contribution is 6.33. The summed E-state index contributed by atoms with van der Waals surface area (Å²) in [6.07, 6.45) is 7.98. The maximum Gasteiger partial charge on any atom is 0.762 e. The first-order chi connectivity index (χ1) is 15.9. The van der Waals surface area contributed by atoms with Crippen LogP contribution in [-0.2, 0) is 4.74 Å². The van der Waals surface area contributed by atoms with E-state index in [4.69, 9.17) is 9.15 Å². The first-order valence-electron chi connectivity index (χ1n) is 10.0. The molecule has 1 aromatic carbocycles. The molecule has 0 unspecified atom stereocenters. The normalized spacial score (nSPS) is 11.1. The van der Waals surface area contributed by atoms with Gasteiger partial charge >= 0.3 is 26.6 Å². The van der Waals surface area contributed by atoms with Gasteiger partial charge in [-0.2, -0.15) is 0 Å². The zero-order valence-electron chi connectivity index (χ0n) is 20.3. The molecule has 0 spiro atoms. The van der Waals surface area contributed by atoms with Gasteiger partial charge in [0.2, 0.25) is 5.69 Å². The summed E-state index contributed by atoms with van der Waals surface area (Å²) in [6, 6.07) is 14.1. The summed E-state index contributed by atoms with van der Waals surface area (Å²) in [5.74, 6) is 3.80. The van der Waals surface area contributed by atoms with Gasteiger partial charge in [-0.15, -0.1) is 0 Å². The van der Waals surface area contributed by atoms with E-state index < -0.39 is 15.1 Å². The van der Waals surface area contributed by atoms with Crippen molar-refractivity contribution in [2.24, 2.45) is 0 Å². The lowest BCUT2D eigenvalue weighted by Gasteiger charge is -2.11. The lowest BCUT2D eigenvalue weighted by atomic mass is 10.1. The Morgan fingerprint density at radius 2 is 1.17 bits per heavy atom. The number of rotatable bonds is 2. The monoisotopic (exact) mass is 523 g/mol. The van der Waals surface area contributed by atoms with Crippen molar-refractivity contribution >= 4 is 27.0 Å². The smallest absolute Gasteiger partial charge is 0.762 e. The molecule has 198 valence electrons. The molecule has 0 atom stereocenters. The van der Waals surface area contributed by atoms with Crippen molar-refractivity contribution in [3.05, 3.63) is 94.9 Å². The Kier molecular flexibility index (Phi) is 21.6. The van der Waals surface area contributed by atoms with Gasteiger partial charge in [-0.1, -0.05) is 18.2 Å². The molecule has 0 amide bonds. The van der Waals surface area contributed by atoms with Gasteiger partial charge < -0.3 is 14.1 Å². The highest BCUT2D eigenvalue weighted by Gasteiger charge is 2.07. The fourth-order valence-corrected chi connectivity index (χ4v) is 2.68. The van der Waals surface area contributed by atoms with Crippen LogP contribution in [0.4, 0.5) is 31.6 Å². The molecule has 0 fully saturated rings. The van der Waals surface area contributed by atoms with Crippen LogP contribution in [0.25, 0.3) is 0 Å². The molecule has 13 heteroatoms. The van der Waals surface area contributed by atoms with Gasteiger partial charge in [0, 0.05) is 30.3 Å². The van der Waals surface area contributed by atoms with Gasteiger partial charge in [0.05, 0.1) is 13.8 Å². The summed E-state index contributed by atoms with van der Waals surface area (Å²) in [5, 5.41) is 0. The molecule has 36 heavy (non-hydrogen) atoms. The van der Waals surface area contributed by atoms with Gasteiger partial charge in [0.15, 0.2) is 6.21 Å². The van der Waals surface area contributed by atoms with Crippen LogP contribution >= 0.6 is 0 Å². The van der Waals surface area contributed by atoms with Crippen molar-refractivity contribution in [2.45, 2.75) is 34.6 Å². The molecule has 0 aliphatic carbocycles. The number of para-hydroxylation sites is 1. The molecule has 1 N–H and O–H groups in total. The minimum Gasteiger partial charge on any atom is -1.00 e. The molecular weight excluding hydrogens is 496 g/mol. The second kappa shape index (κ2) is 21.0. The summed E-state index contributed by atoms with van der Waals surface area (Å²) in [7, 11) is -7.33. The predicted molar refractivity (Wildman–Crippen MR) is 125 cm³/mol. The average Bonchev–Trinajstić information content (AvgIpc) is 2.66. The third-order valence-corrected chi connectivity index (χ3v) is 3.55. The van der Waals surface area contributed by atoms with Crippen LogP contribution in [0.15, 0.2) is 82.2 Å². The Labute approximate surface area is 206 Å². The number of halogens is 8. The zero-order chi connectivity index (χ0) is 26.1. The zero-order valence-corrected chi connectivity index (χ0v) is 20.3. The first-order valence-corrected chi connectivity index (χ1v) is 10.0. The van der Waals surface area contributed by atoms with Crippen molar-refractivity contribution < 1.29 is 49.4 Å². The van der Waals surface area contributed by atoms with Crippen LogP contribution in [0.2, 0.25) is 0 Å². The minimum absolute atomic E-state index is 0. The number of hydrogen-bond donors (Lipinski definition) is 1. The summed E-state index contributed by atoms with van der Waals surface area (Å²) < 4.78 is 68.7. The summed E-state index contributed by atoms with van der Waals surface area (Å²) in [5.41, 5.74) is 3.48. The Balaban J connectivity index is -0.000000485. The minimum atomic E-state index is -3.67. The average molecular weight is 523 g/mol. The highest BCUT2D eigenvalue weighted by Crippen LogP contribution is 2.17. The topological polar surface area (TPSA) is 34.5 Å². The van der Waals surface area contributed by atoms with E-state index in [1.807, 2.05) is 94.6 Å². The maximum atomic E-state index is 9.67. The Bertz CT molecular complexity index is 903. The summed E-state index contributed by atoms with van der Waals surface area (Å²) in [6.45, 7) is 9.89. The third-order valence-electron chi connectivity index (χ3n) is 3.55. The molecule has 2 heterocycles. The van der Waals surface area contributed by atoms with Gasteiger partial charge in [-0.05, 0) is 44.1 Å². The first kappa shape index (κ1) is 37.2.